The van der Waals surface area contributed by atoms with Gasteiger partial charge in [-0.3, -0.25) is 0 Å². The van der Waals surface area contributed by atoms with E-state index in [9.17, 15) is 18.3 Å². The summed E-state index contributed by atoms with van der Waals surface area (Å²) in [6.07, 6.45) is -0.814. The molecular weight excluding hydrogens is 229 g/mol. The van der Waals surface area contributed by atoms with Crippen molar-refractivity contribution < 1.29 is 18.3 Å². The van der Waals surface area contributed by atoms with Gasteiger partial charge >= 0.3 is 6.18 Å². The van der Waals surface area contributed by atoms with Crippen molar-refractivity contribution in [2.75, 3.05) is 0 Å². The quantitative estimate of drug-likeness (QED) is 0.835. The number of rotatable bonds is 2. The Kier molecular flexibility index (Phi) is 3.43. The van der Waals surface area contributed by atoms with Gasteiger partial charge in [0.05, 0.1) is 11.7 Å². The maximum Gasteiger partial charge on any atom is 0.416 e. The Bertz CT molecular complexity index is 363. The zero-order valence-corrected chi connectivity index (χ0v) is 9.37. The average Bonchev–Trinajstić information content (AvgIpc) is 2.80. The Morgan fingerprint density at radius 2 is 1.59 bits per heavy atom. The van der Waals surface area contributed by atoms with Crippen LogP contribution in [0.5, 0.6) is 0 Å². The Morgan fingerprint density at radius 3 is 2.06 bits per heavy atom. The SMILES string of the molecule is OC(c1ccc(C(F)(F)F)cc1)C1CCCC1. The summed E-state index contributed by atoms with van der Waals surface area (Å²) in [5, 5.41) is 10.0. The molecule has 0 heterocycles. The third-order valence-electron chi connectivity index (χ3n) is 3.43. The first-order valence-corrected chi connectivity index (χ1v) is 5.84. The lowest BCUT2D eigenvalue weighted by Gasteiger charge is -2.18. The van der Waals surface area contributed by atoms with Crippen molar-refractivity contribution in [2.24, 2.45) is 5.92 Å². The van der Waals surface area contributed by atoms with Crippen LogP contribution in [0, 0.1) is 5.92 Å². The van der Waals surface area contributed by atoms with Crippen LogP contribution in [-0.2, 0) is 6.18 Å². The maximum absolute atomic E-state index is 12.4. The van der Waals surface area contributed by atoms with Gasteiger partial charge in [0.15, 0.2) is 0 Å². The molecule has 0 saturated heterocycles. The summed E-state index contributed by atoms with van der Waals surface area (Å²) in [4.78, 5) is 0. The first-order valence-electron chi connectivity index (χ1n) is 5.84. The zero-order valence-electron chi connectivity index (χ0n) is 9.37. The lowest BCUT2D eigenvalue weighted by atomic mass is 9.94. The van der Waals surface area contributed by atoms with Gasteiger partial charge in [0.2, 0.25) is 0 Å². The lowest BCUT2D eigenvalue weighted by molar-refractivity contribution is -0.137. The molecule has 1 aliphatic rings. The highest BCUT2D eigenvalue weighted by molar-refractivity contribution is 5.26. The molecule has 0 bridgehead atoms. The van der Waals surface area contributed by atoms with E-state index in [2.05, 4.69) is 0 Å². The zero-order chi connectivity index (χ0) is 12.5. The van der Waals surface area contributed by atoms with Crippen LogP contribution in [-0.4, -0.2) is 5.11 Å². The largest absolute Gasteiger partial charge is 0.416 e. The molecule has 1 fully saturated rings. The van der Waals surface area contributed by atoms with Crippen molar-refractivity contribution in [1.29, 1.82) is 0 Å². The number of hydrogen-bond donors (Lipinski definition) is 1. The molecule has 0 amide bonds. The predicted octanol–water partition coefficient (Wildman–Crippen LogP) is 3.93. The fraction of sp³-hybridized carbons (Fsp3) is 0.538. The van der Waals surface area contributed by atoms with Crippen LogP contribution < -0.4 is 0 Å². The molecule has 94 valence electrons. The highest BCUT2D eigenvalue weighted by Crippen LogP contribution is 2.36. The van der Waals surface area contributed by atoms with Gasteiger partial charge < -0.3 is 5.11 Å². The number of hydrogen-bond acceptors (Lipinski definition) is 1. The minimum absolute atomic E-state index is 0.201. The van der Waals surface area contributed by atoms with E-state index >= 15 is 0 Å². The number of alkyl halides is 3. The van der Waals surface area contributed by atoms with Crippen LogP contribution in [0.1, 0.15) is 42.9 Å². The Hall–Kier alpha value is -1.03. The molecular formula is C13H15F3O. The summed E-state index contributed by atoms with van der Waals surface area (Å²) in [7, 11) is 0. The van der Waals surface area contributed by atoms with Crippen molar-refractivity contribution in [3.63, 3.8) is 0 Å². The molecule has 0 spiro atoms. The van der Waals surface area contributed by atoms with Gasteiger partial charge in [0.25, 0.3) is 0 Å². The summed E-state index contributed by atoms with van der Waals surface area (Å²) in [5.41, 5.74) is -0.0789. The lowest BCUT2D eigenvalue weighted by Crippen LogP contribution is -2.10. The van der Waals surface area contributed by atoms with Gasteiger partial charge in [-0.05, 0) is 36.5 Å². The topological polar surface area (TPSA) is 20.2 Å². The van der Waals surface area contributed by atoms with Gasteiger partial charge in [0.1, 0.15) is 0 Å². The standard InChI is InChI=1S/C13H15F3O/c14-13(15,16)11-7-5-10(6-8-11)12(17)9-3-1-2-4-9/h5-9,12,17H,1-4H2. The molecule has 1 atom stereocenters. The van der Waals surface area contributed by atoms with Crippen molar-refractivity contribution >= 4 is 0 Å². The van der Waals surface area contributed by atoms with E-state index in [4.69, 9.17) is 0 Å². The summed E-state index contributed by atoms with van der Waals surface area (Å²) >= 11 is 0. The average molecular weight is 244 g/mol. The molecule has 17 heavy (non-hydrogen) atoms. The summed E-state index contributed by atoms with van der Waals surface area (Å²) in [6.45, 7) is 0. The van der Waals surface area contributed by atoms with Gasteiger partial charge in [0, 0.05) is 0 Å². The normalized spacial score (nSPS) is 19.5. The second kappa shape index (κ2) is 4.69. The highest BCUT2D eigenvalue weighted by Gasteiger charge is 2.31. The molecule has 1 unspecified atom stereocenters. The van der Waals surface area contributed by atoms with Crippen LogP contribution in [0.4, 0.5) is 13.2 Å². The molecule has 2 rings (SSSR count). The number of benzene rings is 1. The van der Waals surface area contributed by atoms with Gasteiger partial charge in [-0.25, -0.2) is 0 Å². The van der Waals surface area contributed by atoms with Crippen molar-refractivity contribution in [2.45, 2.75) is 38.0 Å². The first-order chi connectivity index (χ1) is 7.98. The third-order valence-corrected chi connectivity index (χ3v) is 3.43. The minimum atomic E-state index is -4.31. The van der Waals surface area contributed by atoms with Crippen LogP contribution in [0.3, 0.4) is 0 Å². The Balaban J connectivity index is 2.12. The van der Waals surface area contributed by atoms with Crippen LogP contribution in [0.25, 0.3) is 0 Å². The van der Waals surface area contributed by atoms with Gasteiger partial charge in [-0.2, -0.15) is 13.2 Å². The molecule has 4 heteroatoms. The van der Waals surface area contributed by atoms with Crippen molar-refractivity contribution in [3.8, 4) is 0 Å². The van der Waals surface area contributed by atoms with Crippen LogP contribution in [0.2, 0.25) is 0 Å². The van der Waals surface area contributed by atoms with E-state index in [1.807, 2.05) is 0 Å². The van der Waals surface area contributed by atoms with Gasteiger partial charge in [-0.1, -0.05) is 25.0 Å². The molecule has 1 aromatic rings. The van der Waals surface area contributed by atoms with Gasteiger partial charge in [-0.15, -0.1) is 0 Å². The molecule has 1 aromatic carbocycles. The molecule has 0 aromatic heterocycles. The molecule has 1 aliphatic carbocycles. The third kappa shape index (κ3) is 2.80. The second-order valence-electron chi connectivity index (χ2n) is 4.61. The van der Waals surface area contributed by atoms with E-state index in [-0.39, 0.29) is 5.92 Å². The second-order valence-corrected chi connectivity index (χ2v) is 4.61. The molecule has 0 aliphatic heterocycles. The van der Waals surface area contributed by atoms with Crippen LogP contribution in [0.15, 0.2) is 24.3 Å². The van der Waals surface area contributed by atoms with Crippen LogP contribution >= 0.6 is 0 Å². The van der Waals surface area contributed by atoms with Crippen molar-refractivity contribution in [1.82, 2.24) is 0 Å². The Morgan fingerprint density at radius 1 is 1.06 bits per heavy atom. The predicted molar refractivity (Wildman–Crippen MR) is 58.4 cm³/mol. The highest BCUT2D eigenvalue weighted by atomic mass is 19.4. The monoisotopic (exact) mass is 244 g/mol. The summed E-state index contributed by atoms with van der Waals surface area (Å²) in [5.74, 6) is 0.201. The summed E-state index contributed by atoms with van der Waals surface area (Å²) < 4.78 is 37.1. The van der Waals surface area contributed by atoms with E-state index in [1.165, 1.54) is 12.1 Å². The first kappa shape index (κ1) is 12.4. The van der Waals surface area contributed by atoms with E-state index < -0.39 is 17.8 Å². The fourth-order valence-corrected chi connectivity index (χ4v) is 2.41. The van der Waals surface area contributed by atoms with E-state index in [0.29, 0.717) is 5.56 Å². The molecule has 1 N–H and O–H groups in total. The molecule has 1 saturated carbocycles. The maximum atomic E-state index is 12.4. The number of aliphatic hydroxyl groups excluding tert-OH is 1. The van der Waals surface area contributed by atoms with E-state index in [1.54, 1.807) is 0 Å². The summed E-state index contributed by atoms with van der Waals surface area (Å²) in [6, 6.07) is 4.83. The number of halogens is 3. The fourth-order valence-electron chi connectivity index (χ4n) is 2.41. The van der Waals surface area contributed by atoms with E-state index in [0.717, 1.165) is 37.8 Å². The molecule has 1 nitrogen and oxygen atoms in total. The smallest absolute Gasteiger partial charge is 0.388 e. The number of aliphatic hydroxyl groups is 1. The minimum Gasteiger partial charge on any atom is -0.388 e. The molecule has 0 radical (unpaired) electrons. The Labute approximate surface area is 98.3 Å². The van der Waals surface area contributed by atoms with Crippen molar-refractivity contribution in [3.05, 3.63) is 35.4 Å².